The Morgan fingerprint density at radius 2 is 2.25 bits per heavy atom. The van der Waals surface area contributed by atoms with Gasteiger partial charge in [-0.3, -0.25) is 0 Å². The van der Waals surface area contributed by atoms with Crippen LogP contribution in [0.5, 0.6) is 0 Å². The number of ether oxygens (including phenoxy) is 1. The van der Waals surface area contributed by atoms with Gasteiger partial charge in [-0.15, -0.1) is 0 Å². The van der Waals surface area contributed by atoms with Gasteiger partial charge in [0.2, 0.25) is 0 Å². The summed E-state index contributed by atoms with van der Waals surface area (Å²) in [7, 11) is 0. The van der Waals surface area contributed by atoms with Gasteiger partial charge >= 0.3 is 6.03 Å². The Labute approximate surface area is 144 Å². The minimum atomic E-state index is -0.439. The van der Waals surface area contributed by atoms with Gasteiger partial charge in [0.25, 0.3) is 0 Å². The number of aryl methyl sites for hydroxylation is 1. The summed E-state index contributed by atoms with van der Waals surface area (Å²) in [4.78, 5) is 14.7. The van der Waals surface area contributed by atoms with E-state index in [0.717, 1.165) is 19.3 Å². The van der Waals surface area contributed by atoms with Crippen LogP contribution in [0.3, 0.4) is 0 Å². The summed E-state index contributed by atoms with van der Waals surface area (Å²) >= 11 is 0. The number of rotatable bonds is 3. The average molecular weight is 332 g/mol. The molecule has 1 aromatic carbocycles. The highest BCUT2D eigenvalue weighted by atomic mass is 16.5. The second-order valence-electron chi connectivity index (χ2n) is 6.95. The van der Waals surface area contributed by atoms with Gasteiger partial charge in [0.1, 0.15) is 0 Å². The normalized spacial score (nSPS) is 25.5. The molecule has 0 saturated carbocycles. The molecule has 2 aliphatic rings. The highest BCUT2D eigenvalue weighted by Gasteiger charge is 2.30. The minimum absolute atomic E-state index is 0.0364. The lowest BCUT2D eigenvalue weighted by Crippen LogP contribution is -2.53. The number of fused-ring (bicyclic) bond motifs is 1. The Kier molecular flexibility index (Phi) is 5.74. The van der Waals surface area contributed by atoms with Gasteiger partial charge in [-0.05, 0) is 43.7 Å². The third-order valence-corrected chi connectivity index (χ3v) is 5.02. The SMILES string of the molecule is CC(O)CC1COCCN1C(=O)NC1CCCCc2ccccc21. The number of benzene rings is 1. The van der Waals surface area contributed by atoms with Crippen molar-refractivity contribution in [3.05, 3.63) is 35.4 Å². The van der Waals surface area contributed by atoms with E-state index in [-0.39, 0.29) is 18.1 Å². The number of morpholine rings is 1. The largest absolute Gasteiger partial charge is 0.393 e. The number of hydrogen-bond donors (Lipinski definition) is 2. The summed E-state index contributed by atoms with van der Waals surface area (Å²) in [6, 6.07) is 8.41. The van der Waals surface area contributed by atoms with Gasteiger partial charge in [-0.1, -0.05) is 30.7 Å². The number of carbonyl (C=O) groups is 1. The van der Waals surface area contributed by atoms with E-state index in [1.165, 1.54) is 17.5 Å². The van der Waals surface area contributed by atoms with Crippen molar-refractivity contribution in [2.45, 2.75) is 57.2 Å². The lowest BCUT2D eigenvalue weighted by Gasteiger charge is -2.37. The molecule has 0 bridgehead atoms. The number of amides is 2. The fraction of sp³-hybridized carbons (Fsp3) is 0.632. The first-order chi connectivity index (χ1) is 11.6. The van der Waals surface area contributed by atoms with Gasteiger partial charge in [0.05, 0.1) is 31.4 Å². The molecular formula is C19H28N2O3. The molecule has 1 fully saturated rings. The van der Waals surface area contributed by atoms with Crippen LogP contribution in [-0.2, 0) is 11.2 Å². The Balaban J connectivity index is 1.71. The molecule has 1 aliphatic heterocycles. The van der Waals surface area contributed by atoms with Crippen molar-refractivity contribution in [2.75, 3.05) is 19.8 Å². The van der Waals surface area contributed by atoms with E-state index < -0.39 is 6.10 Å². The molecule has 2 N–H and O–H groups in total. The molecule has 1 heterocycles. The van der Waals surface area contributed by atoms with Crippen LogP contribution in [-0.4, -0.2) is 47.9 Å². The quantitative estimate of drug-likeness (QED) is 0.837. The summed E-state index contributed by atoms with van der Waals surface area (Å²) in [6.07, 6.45) is 4.48. The van der Waals surface area contributed by atoms with Crippen LogP contribution < -0.4 is 5.32 Å². The standard InChI is InChI=1S/C19H28N2O3/c1-14(22)12-16-13-24-11-10-21(16)19(23)20-18-9-5-3-7-15-6-2-4-8-17(15)18/h2,4,6,8,14,16,18,22H,3,5,7,9-13H2,1H3,(H,20,23). The zero-order chi connectivity index (χ0) is 16.9. The molecule has 132 valence electrons. The van der Waals surface area contributed by atoms with Gasteiger partial charge in [0.15, 0.2) is 0 Å². The highest BCUT2D eigenvalue weighted by molar-refractivity contribution is 5.75. The lowest BCUT2D eigenvalue weighted by molar-refractivity contribution is -0.00488. The van der Waals surface area contributed by atoms with Crippen molar-refractivity contribution in [1.29, 1.82) is 0 Å². The number of nitrogens with one attached hydrogen (secondary N) is 1. The zero-order valence-corrected chi connectivity index (χ0v) is 14.4. The van der Waals surface area contributed by atoms with Gasteiger partial charge < -0.3 is 20.1 Å². The van der Waals surface area contributed by atoms with Crippen molar-refractivity contribution in [1.82, 2.24) is 10.2 Å². The Morgan fingerprint density at radius 1 is 1.42 bits per heavy atom. The summed E-state index contributed by atoms with van der Waals surface area (Å²) in [6.45, 7) is 3.40. The van der Waals surface area contributed by atoms with Gasteiger partial charge in [-0.25, -0.2) is 4.79 Å². The van der Waals surface area contributed by atoms with E-state index in [0.29, 0.717) is 26.2 Å². The Morgan fingerprint density at radius 3 is 3.08 bits per heavy atom. The Hall–Kier alpha value is -1.59. The molecule has 0 radical (unpaired) electrons. The monoisotopic (exact) mass is 332 g/mol. The number of nitrogens with zero attached hydrogens (tertiary/aromatic N) is 1. The van der Waals surface area contributed by atoms with Crippen LogP contribution in [0.15, 0.2) is 24.3 Å². The fourth-order valence-corrected chi connectivity index (χ4v) is 3.81. The molecule has 3 unspecified atom stereocenters. The maximum Gasteiger partial charge on any atom is 0.318 e. The molecule has 3 atom stereocenters. The first-order valence-electron chi connectivity index (χ1n) is 9.06. The molecule has 1 aliphatic carbocycles. The van der Waals surface area contributed by atoms with E-state index in [2.05, 4.69) is 23.5 Å². The zero-order valence-electron chi connectivity index (χ0n) is 14.4. The van der Waals surface area contributed by atoms with Crippen molar-refractivity contribution >= 4 is 6.03 Å². The topological polar surface area (TPSA) is 61.8 Å². The summed E-state index contributed by atoms with van der Waals surface area (Å²) in [5.41, 5.74) is 2.60. The lowest BCUT2D eigenvalue weighted by atomic mass is 9.99. The number of aliphatic hydroxyl groups is 1. The van der Waals surface area contributed by atoms with Crippen molar-refractivity contribution in [3.8, 4) is 0 Å². The molecule has 0 aromatic heterocycles. The first-order valence-corrected chi connectivity index (χ1v) is 9.06. The molecular weight excluding hydrogens is 304 g/mol. The molecule has 5 heteroatoms. The second-order valence-corrected chi connectivity index (χ2v) is 6.95. The number of urea groups is 1. The van der Waals surface area contributed by atoms with Gasteiger partial charge in [0, 0.05) is 6.54 Å². The molecule has 2 amide bonds. The summed E-state index contributed by atoms with van der Waals surface area (Å²) < 4.78 is 5.50. The molecule has 5 nitrogen and oxygen atoms in total. The van der Waals surface area contributed by atoms with Crippen molar-refractivity contribution in [2.24, 2.45) is 0 Å². The first kappa shape index (κ1) is 17.2. The maximum atomic E-state index is 12.9. The highest BCUT2D eigenvalue weighted by Crippen LogP contribution is 2.29. The van der Waals surface area contributed by atoms with Crippen LogP contribution in [0.25, 0.3) is 0 Å². The molecule has 24 heavy (non-hydrogen) atoms. The predicted octanol–water partition coefficient (Wildman–Crippen LogP) is 2.64. The number of carbonyl (C=O) groups excluding carboxylic acids is 1. The van der Waals surface area contributed by atoms with Crippen LogP contribution in [0, 0.1) is 0 Å². The number of aliphatic hydroxyl groups excluding tert-OH is 1. The predicted molar refractivity (Wildman–Crippen MR) is 92.9 cm³/mol. The summed E-state index contributed by atoms with van der Waals surface area (Å²) in [5.74, 6) is 0. The molecule has 1 saturated heterocycles. The van der Waals surface area contributed by atoms with Gasteiger partial charge in [-0.2, -0.15) is 0 Å². The van der Waals surface area contributed by atoms with E-state index in [9.17, 15) is 9.90 Å². The third-order valence-electron chi connectivity index (χ3n) is 5.02. The van der Waals surface area contributed by atoms with Crippen LogP contribution >= 0.6 is 0 Å². The van der Waals surface area contributed by atoms with Crippen LogP contribution in [0.4, 0.5) is 4.79 Å². The summed E-state index contributed by atoms with van der Waals surface area (Å²) in [5, 5.41) is 12.9. The second kappa shape index (κ2) is 7.99. The van der Waals surface area contributed by atoms with Crippen LogP contribution in [0.2, 0.25) is 0 Å². The molecule has 1 aromatic rings. The maximum absolute atomic E-state index is 12.9. The van der Waals surface area contributed by atoms with E-state index >= 15 is 0 Å². The number of hydrogen-bond acceptors (Lipinski definition) is 3. The Bertz CT molecular complexity index is 561. The third kappa shape index (κ3) is 4.08. The molecule has 3 rings (SSSR count). The van der Waals surface area contributed by atoms with Crippen LogP contribution in [0.1, 0.15) is 49.8 Å². The van der Waals surface area contributed by atoms with Crippen molar-refractivity contribution in [3.63, 3.8) is 0 Å². The minimum Gasteiger partial charge on any atom is -0.393 e. The molecule has 0 spiro atoms. The smallest absolute Gasteiger partial charge is 0.318 e. The van der Waals surface area contributed by atoms with Crippen molar-refractivity contribution < 1.29 is 14.6 Å². The fourth-order valence-electron chi connectivity index (χ4n) is 3.81. The van der Waals surface area contributed by atoms with E-state index in [1.807, 2.05) is 11.0 Å². The van der Waals surface area contributed by atoms with E-state index in [4.69, 9.17) is 4.74 Å². The average Bonchev–Trinajstić information content (AvgIpc) is 2.77. The van der Waals surface area contributed by atoms with E-state index in [1.54, 1.807) is 6.92 Å².